The smallest absolute Gasteiger partial charge is 0.329 e. The molecule has 0 radical (unpaired) electrons. The molecule has 0 atom stereocenters. The van der Waals surface area contributed by atoms with Gasteiger partial charge in [-0.25, -0.2) is 13.8 Å². The van der Waals surface area contributed by atoms with Crippen molar-refractivity contribution >= 4 is 39.7 Å². The van der Waals surface area contributed by atoms with Crippen LogP contribution >= 0.6 is 11.6 Å². The predicted octanol–water partition coefficient (Wildman–Crippen LogP) is 4.40. The first-order valence-corrected chi connectivity index (χ1v) is 14.1. The molecule has 4 rings (SSSR count). The minimum atomic E-state index is -3.90. The highest BCUT2D eigenvalue weighted by atomic mass is 35.5. The maximum atomic E-state index is 13.5. The van der Waals surface area contributed by atoms with Gasteiger partial charge in [-0.2, -0.15) is 9.41 Å². The van der Waals surface area contributed by atoms with Crippen molar-refractivity contribution < 1.29 is 22.4 Å². The van der Waals surface area contributed by atoms with Crippen molar-refractivity contribution in [2.24, 2.45) is 5.10 Å². The minimum Gasteiger partial charge on any atom is -0.459 e. The molecule has 0 fully saturated rings. The van der Waals surface area contributed by atoms with E-state index in [1.807, 2.05) is 61.5 Å². The normalized spacial score (nSPS) is 11.6. The van der Waals surface area contributed by atoms with Gasteiger partial charge >= 0.3 is 11.8 Å². The molecule has 2 N–H and O–H groups in total. The van der Waals surface area contributed by atoms with Crippen LogP contribution in [-0.2, 0) is 39.2 Å². The summed E-state index contributed by atoms with van der Waals surface area (Å²) in [5, 5.41) is 6.71. The van der Waals surface area contributed by atoms with Gasteiger partial charge in [0.2, 0.25) is 10.0 Å². The zero-order valence-electron chi connectivity index (χ0n) is 21.6. The van der Waals surface area contributed by atoms with Crippen LogP contribution in [0.15, 0.2) is 105 Å². The number of furan rings is 1. The molecule has 11 heteroatoms. The second-order valence-electron chi connectivity index (χ2n) is 8.88. The Kier molecular flexibility index (Phi) is 9.49. The number of hydrazone groups is 1. The van der Waals surface area contributed by atoms with Crippen molar-refractivity contribution in [3.05, 3.63) is 124 Å². The van der Waals surface area contributed by atoms with Gasteiger partial charge in [0.15, 0.2) is 0 Å². The summed E-state index contributed by atoms with van der Waals surface area (Å²) in [7, 11) is -3.90. The predicted molar refractivity (Wildman–Crippen MR) is 152 cm³/mol. The number of nitrogens with zero attached hydrogens (tertiary/aromatic N) is 2. The van der Waals surface area contributed by atoms with Crippen molar-refractivity contribution in [1.82, 2.24) is 15.0 Å². The summed E-state index contributed by atoms with van der Waals surface area (Å²) in [6.45, 7) is 2.22. The van der Waals surface area contributed by atoms with Gasteiger partial charge in [-0.1, -0.05) is 71.8 Å². The lowest BCUT2D eigenvalue weighted by Gasteiger charge is -2.21. The first kappa shape index (κ1) is 28.8. The number of benzene rings is 3. The largest absolute Gasteiger partial charge is 0.459 e. The van der Waals surface area contributed by atoms with Crippen LogP contribution in [0, 0.1) is 6.92 Å². The Morgan fingerprint density at radius 2 is 1.57 bits per heavy atom. The Bertz CT molecular complexity index is 1590. The van der Waals surface area contributed by atoms with E-state index < -0.39 is 21.8 Å². The van der Waals surface area contributed by atoms with Crippen molar-refractivity contribution in [2.45, 2.75) is 31.5 Å². The first-order valence-electron chi connectivity index (χ1n) is 12.3. The lowest BCUT2D eigenvalue weighted by molar-refractivity contribution is -0.139. The molecule has 0 bridgehead atoms. The van der Waals surface area contributed by atoms with Crippen molar-refractivity contribution in [3.8, 4) is 0 Å². The highest BCUT2D eigenvalue weighted by Gasteiger charge is 2.26. The molecule has 1 heterocycles. The number of carbonyl (C=O) groups excluding carboxylic acids is 2. The van der Waals surface area contributed by atoms with Crippen LogP contribution in [0.1, 0.15) is 28.2 Å². The highest BCUT2D eigenvalue weighted by Crippen LogP contribution is 2.23. The maximum Gasteiger partial charge on any atom is 0.329 e. The number of carbonyl (C=O) groups is 2. The molecule has 0 spiro atoms. The standard InChI is InChI=1S/C29H27ClN4O5S/c1-21-7-9-23(10-8-21)19-34(40(37,38)27-15-11-24(30)12-16-27)20-26-14-13-25(39-26)18-32-33-29(36)28(35)31-17-22-5-3-2-4-6-22/h2-16,18H,17,19-20H2,1H3,(H,31,35)(H,33,36)/b32-18+. The molecule has 0 aliphatic carbocycles. The highest BCUT2D eigenvalue weighted by molar-refractivity contribution is 7.89. The molecule has 40 heavy (non-hydrogen) atoms. The van der Waals surface area contributed by atoms with Crippen LogP contribution in [0.25, 0.3) is 0 Å². The molecular formula is C29H27ClN4O5S. The van der Waals surface area contributed by atoms with Gasteiger partial charge in [0.05, 0.1) is 17.7 Å². The Labute approximate surface area is 237 Å². The van der Waals surface area contributed by atoms with E-state index in [0.29, 0.717) is 10.8 Å². The van der Waals surface area contributed by atoms with Gasteiger partial charge in [0, 0.05) is 18.1 Å². The van der Waals surface area contributed by atoms with Crippen LogP contribution in [0.3, 0.4) is 0 Å². The van der Waals surface area contributed by atoms with E-state index >= 15 is 0 Å². The Morgan fingerprint density at radius 1 is 0.875 bits per heavy atom. The Morgan fingerprint density at radius 3 is 2.27 bits per heavy atom. The second-order valence-corrected chi connectivity index (χ2v) is 11.3. The summed E-state index contributed by atoms with van der Waals surface area (Å²) in [5.74, 6) is -1.14. The fourth-order valence-corrected chi connectivity index (χ4v) is 5.19. The number of amides is 2. The number of hydrogen-bond donors (Lipinski definition) is 2. The lowest BCUT2D eigenvalue weighted by Crippen LogP contribution is -2.37. The molecule has 2 amide bonds. The van der Waals surface area contributed by atoms with E-state index in [0.717, 1.165) is 16.7 Å². The summed E-state index contributed by atoms with van der Waals surface area (Å²) < 4.78 is 34.1. The summed E-state index contributed by atoms with van der Waals surface area (Å²) in [5.41, 5.74) is 4.87. The monoisotopic (exact) mass is 578 g/mol. The third-order valence-electron chi connectivity index (χ3n) is 5.81. The fraction of sp³-hybridized carbons (Fsp3) is 0.138. The lowest BCUT2D eigenvalue weighted by atomic mass is 10.1. The molecule has 3 aromatic carbocycles. The average Bonchev–Trinajstić information content (AvgIpc) is 3.40. The quantitative estimate of drug-likeness (QED) is 0.164. The fourth-order valence-electron chi connectivity index (χ4n) is 3.67. The minimum absolute atomic E-state index is 0.0546. The van der Waals surface area contributed by atoms with Crippen molar-refractivity contribution in [3.63, 3.8) is 0 Å². The van der Waals surface area contributed by atoms with Gasteiger partial charge in [-0.15, -0.1) is 0 Å². The van der Waals surface area contributed by atoms with E-state index in [1.165, 1.54) is 34.8 Å². The number of rotatable bonds is 10. The van der Waals surface area contributed by atoms with E-state index in [1.54, 1.807) is 12.1 Å². The van der Waals surface area contributed by atoms with Crippen LogP contribution in [-0.4, -0.2) is 30.8 Å². The van der Waals surface area contributed by atoms with Crippen LogP contribution in [0.2, 0.25) is 5.02 Å². The van der Waals surface area contributed by atoms with Crippen LogP contribution in [0.5, 0.6) is 0 Å². The molecule has 0 unspecified atom stereocenters. The number of halogens is 1. The summed E-state index contributed by atoms with van der Waals surface area (Å²) >= 11 is 5.95. The third kappa shape index (κ3) is 7.89. The van der Waals surface area contributed by atoms with Gasteiger partial charge < -0.3 is 9.73 Å². The molecule has 0 saturated heterocycles. The number of hydrogen-bond acceptors (Lipinski definition) is 6. The molecule has 206 valence electrons. The van der Waals surface area contributed by atoms with Crippen LogP contribution < -0.4 is 10.7 Å². The Hall–Kier alpha value is -4.25. The maximum absolute atomic E-state index is 13.5. The second kappa shape index (κ2) is 13.2. The summed E-state index contributed by atoms with van der Waals surface area (Å²) in [6.07, 6.45) is 1.23. The molecule has 1 aromatic heterocycles. The zero-order chi connectivity index (χ0) is 28.5. The van der Waals surface area contributed by atoms with E-state index in [9.17, 15) is 18.0 Å². The van der Waals surface area contributed by atoms with Crippen LogP contribution in [0.4, 0.5) is 0 Å². The van der Waals surface area contributed by atoms with E-state index in [2.05, 4.69) is 15.8 Å². The molecule has 0 aliphatic heterocycles. The van der Waals surface area contributed by atoms with Gasteiger partial charge in [0.25, 0.3) is 0 Å². The van der Waals surface area contributed by atoms with Gasteiger partial charge in [0.1, 0.15) is 11.5 Å². The molecule has 9 nitrogen and oxygen atoms in total. The van der Waals surface area contributed by atoms with Crippen molar-refractivity contribution in [2.75, 3.05) is 0 Å². The first-order chi connectivity index (χ1) is 19.2. The number of sulfonamides is 1. The zero-order valence-corrected chi connectivity index (χ0v) is 23.2. The average molecular weight is 579 g/mol. The third-order valence-corrected chi connectivity index (χ3v) is 7.86. The molecule has 4 aromatic rings. The molecular weight excluding hydrogens is 552 g/mol. The summed E-state index contributed by atoms with van der Waals surface area (Å²) in [6, 6.07) is 25.9. The molecule has 0 aliphatic rings. The summed E-state index contributed by atoms with van der Waals surface area (Å²) in [4.78, 5) is 24.1. The molecule has 0 saturated carbocycles. The SMILES string of the molecule is Cc1ccc(CN(Cc2ccc(/C=N/NC(=O)C(=O)NCc3ccccc3)o2)S(=O)(=O)c2ccc(Cl)cc2)cc1. The van der Waals surface area contributed by atoms with E-state index in [4.69, 9.17) is 16.0 Å². The van der Waals surface area contributed by atoms with Crippen molar-refractivity contribution in [1.29, 1.82) is 0 Å². The topological polar surface area (TPSA) is 121 Å². The van der Waals surface area contributed by atoms with E-state index in [-0.39, 0.29) is 30.3 Å². The van der Waals surface area contributed by atoms with Gasteiger partial charge in [-0.3, -0.25) is 9.59 Å². The Balaban J connectivity index is 1.41. The number of nitrogens with one attached hydrogen (secondary N) is 2. The number of aryl methyl sites for hydroxylation is 1. The van der Waals surface area contributed by atoms with Gasteiger partial charge in [-0.05, 0) is 54.4 Å².